The van der Waals surface area contributed by atoms with Crippen molar-refractivity contribution in [3.8, 4) is 23.0 Å². The molecule has 0 aromatic heterocycles. The zero-order chi connectivity index (χ0) is 24.1. The molecule has 176 valence electrons. The minimum atomic E-state index is -0.273. The molecule has 4 rings (SSSR count). The van der Waals surface area contributed by atoms with E-state index < -0.39 is 0 Å². The van der Waals surface area contributed by atoms with E-state index in [-0.39, 0.29) is 5.91 Å². The van der Waals surface area contributed by atoms with E-state index in [4.69, 9.17) is 23.9 Å². The predicted molar refractivity (Wildman–Crippen MR) is 131 cm³/mol. The van der Waals surface area contributed by atoms with Crippen LogP contribution in [0.1, 0.15) is 15.9 Å². The molecule has 0 aliphatic carbocycles. The van der Waals surface area contributed by atoms with E-state index in [0.29, 0.717) is 47.4 Å². The Morgan fingerprint density at radius 3 is 2.53 bits per heavy atom. The molecule has 1 N–H and O–H groups in total. The highest BCUT2D eigenvalue weighted by Crippen LogP contribution is 2.39. The molecule has 1 aliphatic rings. The Kier molecular flexibility index (Phi) is 6.98. The lowest BCUT2D eigenvalue weighted by atomic mass is 10.1. The van der Waals surface area contributed by atoms with Crippen LogP contribution in [0.4, 0.5) is 11.4 Å². The van der Waals surface area contributed by atoms with E-state index in [1.54, 1.807) is 38.5 Å². The topological polar surface area (TPSA) is 81.6 Å². The Balaban J connectivity index is 1.67. The van der Waals surface area contributed by atoms with Crippen LogP contribution in [0, 0.1) is 0 Å². The summed E-state index contributed by atoms with van der Waals surface area (Å²) in [5.74, 6) is 2.81. The summed E-state index contributed by atoms with van der Waals surface area (Å²) in [6.07, 6.45) is 0. The summed E-state index contributed by atoms with van der Waals surface area (Å²) in [5.41, 5.74) is 2.55. The Labute approximate surface area is 198 Å². The fraction of sp³-hybridized carbons (Fsp3) is 0.231. The first-order valence-corrected chi connectivity index (χ1v) is 10.8. The molecule has 3 aromatic carbocycles. The van der Waals surface area contributed by atoms with Crippen LogP contribution in [-0.4, -0.2) is 58.2 Å². The number of benzene rings is 3. The lowest BCUT2D eigenvalue weighted by molar-refractivity contribution is 0.102. The molecule has 3 aromatic rings. The van der Waals surface area contributed by atoms with E-state index in [1.165, 1.54) is 7.11 Å². The van der Waals surface area contributed by atoms with E-state index >= 15 is 0 Å². The van der Waals surface area contributed by atoms with Gasteiger partial charge in [-0.15, -0.1) is 0 Å². The average molecular weight is 462 g/mol. The maximum absolute atomic E-state index is 13.0. The molecule has 0 atom stereocenters. The van der Waals surface area contributed by atoms with Crippen LogP contribution in [0.3, 0.4) is 0 Å². The molecule has 1 aliphatic heterocycles. The van der Waals surface area contributed by atoms with E-state index in [2.05, 4.69) is 5.32 Å². The van der Waals surface area contributed by atoms with Crippen LogP contribution in [0.15, 0.2) is 65.7 Å². The van der Waals surface area contributed by atoms with E-state index in [1.807, 2.05) is 48.3 Å². The Hall–Kier alpha value is -4.04. The zero-order valence-electron chi connectivity index (χ0n) is 19.6. The summed E-state index contributed by atoms with van der Waals surface area (Å²) >= 11 is 0. The van der Waals surface area contributed by atoms with Crippen molar-refractivity contribution in [2.45, 2.75) is 0 Å². The normalized spacial score (nSPS) is 11.8. The number of rotatable bonds is 7. The van der Waals surface area contributed by atoms with Gasteiger partial charge in [0, 0.05) is 32.0 Å². The number of methoxy groups -OCH3 is 3. The van der Waals surface area contributed by atoms with Crippen LogP contribution in [0.25, 0.3) is 0 Å². The first kappa shape index (κ1) is 23.1. The predicted octanol–water partition coefficient (Wildman–Crippen LogP) is 4.72. The Bertz CT molecular complexity index is 1220. The highest BCUT2D eigenvalue weighted by molar-refractivity contribution is 6.07. The first-order valence-electron chi connectivity index (χ1n) is 10.8. The van der Waals surface area contributed by atoms with Crippen molar-refractivity contribution in [1.29, 1.82) is 0 Å². The molecule has 1 heterocycles. The number of amidine groups is 1. The number of para-hydroxylation sites is 2. The highest BCUT2D eigenvalue weighted by atomic mass is 16.5. The quantitative estimate of drug-likeness (QED) is 0.548. The van der Waals surface area contributed by atoms with Gasteiger partial charge in [0.15, 0.2) is 17.2 Å². The number of nitrogens with zero attached hydrogens (tertiary/aromatic N) is 2. The van der Waals surface area contributed by atoms with Crippen LogP contribution >= 0.6 is 0 Å². The monoisotopic (exact) mass is 461 g/mol. The van der Waals surface area contributed by atoms with Crippen molar-refractivity contribution < 1.29 is 23.7 Å². The maximum Gasteiger partial charge on any atom is 0.255 e. The van der Waals surface area contributed by atoms with Gasteiger partial charge < -0.3 is 29.2 Å². The smallest absolute Gasteiger partial charge is 0.255 e. The minimum Gasteiger partial charge on any atom is -0.493 e. The molecule has 1 amide bonds. The van der Waals surface area contributed by atoms with Gasteiger partial charge in [-0.2, -0.15) is 0 Å². The second-order valence-corrected chi connectivity index (χ2v) is 7.65. The van der Waals surface area contributed by atoms with Gasteiger partial charge in [-0.1, -0.05) is 12.1 Å². The second-order valence-electron chi connectivity index (χ2n) is 7.65. The lowest BCUT2D eigenvalue weighted by Gasteiger charge is -2.22. The van der Waals surface area contributed by atoms with E-state index in [0.717, 1.165) is 17.1 Å². The molecule has 0 fully saturated rings. The molecule has 8 nitrogen and oxygen atoms in total. The van der Waals surface area contributed by atoms with Crippen molar-refractivity contribution in [3.05, 3.63) is 71.8 Å². The Morgan fingerprint density at radius 2 is 1.76 bits per heavy atom. The van der Waals surface area contributed by atoms with Crippen LogP contribution in [-0.2, 0) is 4.74 Å². The molecule has 0 radical (unpaired) electrons. The summed E-state index contributed by atoms with van der Waals surface area (Å²) in [4.78, 5) is 19.8. The van der Waals surface area contributed by atoms with Gasteiger partial charge in [0.25, 0.3) is 5.91 Å². The first-order chi connectivity index (χ1) is 16.5. The number of hydrogen-bond acceptors (Lipinski definition) is 7. The van der Waals surface area contributed by atoms with Crippen LogP contribution in [0.5, 0.6) is 23.0 Å². The average Bonchev–Trinajstić information content (AvgIpc) is 3.03. The van der Waals surface area contributed by atoms with Crippen molar-refractivity contribution in [3.63, 3.8) is 0 Å². The number of fused-ring (bicyclic) bond motifs is 2. The SMILES string of the molecule is COCCN(C)C1=Nc2ccccc2Oc2ccc(NC(=O)c3ccc(OC)c(OC)c3)cc21. The van der Waals surface area contributed by atoms with Crippen molar-refractivity contribution >= 4 is 23.1 Å². The van der Waals surface area contributed by atoms with E-state index in [9.17, 15) is 4.79 Å². The summed E-state index contributed by atoms with van der Waals surface area (Å²) in [6.45, 7) is 1.18. The summed E-state index contributed by atoms with van der Waals surface area (Å²) in [7, 11) is 6.70. The minimum absolute atomic E-state index is 0.273. The van der Waals surface area contributed by atoms with Gasteiger partial charge in [0.05, 0.1) is 26.4 Å². The van der Waals surface area contributed by atoms with Crippen LogP contribution in [0.2, 0.25) is 0 Å². The number of likely N-dealkylation sites (N-methyl/N-ethyl adjacent to an activating group) is 1. The largest absolute Gasteiger partial charge is 0.493 e. The molecular weight excluding hydrogens is 434 g/mol. The molecule has 0 bridgehead atoms. The summed E-state index contributed by atoms with van der Waals surface area (Å²) in [6, 6.07) is 18.1. The highest BCUT2D eigenvalue weighted by Gasteiger charge is 2.22. The number of nitrogens with one attached hydrogen (secondary N) is 1. The maximum atomic E-state index is 13.0. The van der Waals surface area contributed by atoms with Gasteiger partial charge >= 0.3 is 0 Å². The van der Waals surface area contributed by atoms with Gasteiger partial charge in [0.1, 0.15) is 17.3 Å². The fourth-order valence-corrected chi connectivity index (χ4v) is 3.61. The number of amides is 1. The molecule has 0 unspecified atom stereocenters. The number of aliphatic imine (C=N–C) groups is 1. The van der Waals surface area contributed by atoms with Crippen molar-refractivity contribution in [2.75, 3.05) is 46.8 Å². The third kappa shape index (κ3) is 4.82. The number of carbonyl (C=O) groups is 1. The van der Waals surface area contributed by atoms with Crippen LogP contribution < -0.4 is 19.5 Å². The number of anilines is 1. The lowest BCUT2D eigenvalue weighted by Crippen LogP contribution is -2.30. The number of hydrogen-bond donors (Lipinski definition) is 1. The van der Waals surface area contributed by atoms with Gasteiger partial charge in [-0.05, 0) is 48.5 Å². The van der Waals surface area contributed by atoms with Gasteiger partial charge in [0.2, 0.25) is 0 Å². The summed E-state index contributed by atoms with van der Waals surface area (Å²) in [5, 5.41) is 2.95. The molecule has 0 saturated carbocycles. The Morgan fingerprint density at radius 1 is 0.971 bits per heavy atom. The molecule has 34 heavy (non-hydrogen) atoms. The summed E-state index contributed by atoms with van der Waals surface area (Å²) < 4.78 is 22.0. The number of carbonyl (C=O) groups excluding carboxylic acids is 1. The van der Waals surface area contributed by atoms with Crippen molar-refractivity contribution in [1.82, 2.24) is 4.90 Å². The molecular formula is C26H27N3O5. The van der Waals surface area contributed by atoms with Gasteiger partial charge in [-0.3, -0.25) is 4.79 Å². The third-order valence-electron chi connectivity index (χ3n) is 5.43. The standard InChI is InChI=1S/C26H27N3O5/c1-29(13-14-31-2)25-19-16-18(10-12-21(19)34-22-8-6-5-7-20(22)28-25)27-26(30)17-9-11-23(32-3)24(15-17)33-4/h5-12,15-16H,13-14H2,1-4H3,(H,27,30). The fourth-order valence-electron chi connectivity index (χ4n) is 3.61. The van der Waals surface area contributed by atoms with Crippen molar-refractivity contribution in [2.24, 2.45) is 4.99 Å². The van der Waals surface area contributed by atoms with Gasteiger partial charge in [-0.25, -0.2) is 4.99 Å². The molecule has 0 spiro atoms. The molecule has 8 heteroatoms. The third-order valence-corrected chi connectivity index (χ3v) is 5.43. The molecule has 0 saturated heterocycles. The number of ether oxygens (including phenoxy) is 4. The second kappa shape index (κ2) is 10.3. The zero-order valence-corrected chi connectivity index (χ0v) is 19.6.